The van der Waals surface area contributed by atoms with E-state index < -0.39 is 29.9 Å². The molecule has 1 rings (SSSR count). The van der Waals surface area contributed by atoms with Crippen molar-refractivity contribution in [3.63, 3.8) is 0 Å². The SMILES string of the molecule is CC(C)(C)N(CC(=O)O)c1cccc(C(F)(F)F)n1. The minimum atomic E-state index is -4.55. The summed E-state index contributed by atoms with van der Waals surface area (Å²) < 4.78 is 37.8. The molecule has 1 aromatic heterocycles. The number of anilines is 1. The van der Waals surface area contributed by atoms with Gasteiger partial charge in [0.05, 0.1) is 0 Å². The molecule has 0 amide bonds. The Morgan fingerprint density at radius 2 is 1.89 bits per heavy atom. The third-order valence-electron chi connectivity index (χ3n) is 2.40. The Balaban J connectivity index is 3.20. The first-order valence-electron chi connectivity index (χ1n) is 5.55. The van der Waals surface area contributed by atoms with Gasteiger partial charge in [-0.2, -0.15) is 13.2 Å². The molecular weight excluding hydrogens is 261 g/mol. The van der Waals surface area contributed by atoms with Crippen molar-refractivity contribution in [1.82, 2.24) is 4.98 Å². The van der Waals surface area contributed by atoms with E-state index in [1.807, 2.05) is 0 Å². The number of alkyl halides is 3. The van der Waals surface area contributed by atoms with Crippen LogP contribution in [0.25, 0.3) is 0 Å². The first-order valence-corrected chi connectivity index (χ1v) is 5.55. The Kier molecular flexibility index (Phi) is 4.07. The number of hydrogen-bond donors (Lipinski definition) is 1. The van der Waals surface area contributed by atoms with Gasteiger partial charge in [-0.3, -0.25) is 4.79 Å². The average molecular weight is 276 g/mol. The Morgan fingerprint density at radius 1 is 1.32 bits per heavy atom. The molecule has 0 unspecified atom stereocenters. The lowest BCUT2D eigenvalue weighted by Crippen LogP contribution is -2.45. The van der Waals surface area contributed by atoms with Crippen molar-refractivity contribution in [2.45, 2.75) is 32.5 Å². The molecule has 0 radical (unpaired) electrons. The summed E-state index contributed by atoms with van der Waals surface area (Å²) in [7, 11) is 0. The number of carbonyl (C=O) groups is 1. The zero-order valence-corrected chi connectivity index (χ0v) is 10.8. The van der Waals surface area contributed by atoms with Crippen LogP contribution < -0.4 is 4.90 Å². The van der Waals surface area contributed by atoms with E-state index in [-0.39, 0.29) is 5.82 Å². The van der Waals surface area contributed by atoms with E-state index in [2.05, 4.69) is 4.98 Å². The van der Waals surface area contributed by atoms with Gasteiger partial charge < -0.3 is 10.0 Å². The number of aromatic nitrogens is 1. The quantitative estimate of drug-likeness (QED) is 0.922. The summed E-state index contributed by atoms with van der Waals surface area (Å²) in [6.45, 7) is 4.70. The largest absolute Gasteiger partial charge is 0.480 e. The fraction of sp³-hybridized carbons (Fsp3) is 0.500. The molecule has 0 fully saturated rings. The van der Waals surface area contributed by atoms with Crippen LogP contribution in [0.5, 0.6) is 0 Å². The van der Waals surface area contributed by atoms with E-state index in [1.165, 1.54) is 17.0 Å². The van der Waals surface area contributed by atoms with Gasteiger partial charge in [-0.05, 0) is 32.9 Å². The maximum absolute atomic E-state index is 12.6. The van der Waals surface area contributed by atoms with Gasteiger partial charge in [-0.1, -0.05) is 6.07 Å². The molecule has 1 N–H and O–H groups in total. The summed E-state index contributed by atoms with van der Waals surface area (Å²) in [5.74, 6) is -1.14. The normalized spacial score (nSPS) is 12.3. The topological polar surface area (TPSA) is 53.4 Å². The molecule has 0 bridgehead atoms. The van der Waals surface area contributed by atoms with Gasteiger partial charge in [0, 0.05) is 5.54 Å². The number of halogens is 3. The lowest BCUT2D eigenvalue weighted by atomic mass is 10.1. The molecule has 1 heterocycles. The highest BCUT2D eigenvalue weighted by atomic mass is 19.4. The van der Waals surface area contributed by atoms with Crippen molar-refractivity contribution >= 4 is 11.8 Å². The molecule has 0 aromatic carbocycles. The van der Waals surface area contributed by atoms with Crippen molar-refractivity contribution in [1.29, 1.82) is 0 Å². The van der Waals surface area contributed by atoms with Crippen LogP contribution in [0.2, 0.25) is 0 Å². The predicted octanol–water partition coefficient (Wildman–Crippen LogP) is 2.79. The Morgan fingerprint density at radius 3 is 2.32 bits per heavy atom. The minimum Gasteiger partial charge on any atom is -0.480 e. The highest BCUT2D eigenvalue weighted by Crippen LogP contribution is 2.30. The molecule has 4 nitrogen and oxygen atoms in total. The van der Waals surface area contributed by atoms with Gasteiger partial charge in [-0.15, -0.1) is 0 Å². The van der Waals surface area contributed by atoms with Crippen molar-refractivity contribution in [2.24, 2.45) is 0 Å². The Hall–Kier alpha value is -1.79. The fourth-order valence-corrected chi connectivity index (χ4v) is 1.53. The summed E-state index contributed by atoms with van der Waals surface area (Å²) in [5.41, 5.74) is -1.69. The highest BCUT2D eigenvalue weighted by Gasteiger charge is 2.34. The van der Waals surface area contributed by atoms with E-state index in [9.17, 15) is 18.0 Å². The third kappa shape index (κ3) is 4.11. The van der Waals surface area contributed by atoms with Crippen molar-refractivity contribution < 1.29 is 23.1 Å². The maximum atomic E-state index is 12.6. The summed E-state index contributed by atoms with van der Waals surface area (Å²) >= 11 is 0. The van der Waals surface area contributed by atoms with Gasteiger partial charge in [0.25, 0.3) is 0 Å². The molecular formula is C12H15F3N2O2. The Bertz CT molecular complexity index is 467. The molecule has 0 aliphatic carbocycles. The van der Waals surface area contributed by atoms with Crippen LogP contribution in [0.1, 0.15) is 26.5 Å². The highest BCUT2D eigenvalue weighted by molar-refractivity contribution is 5.73. The van der Waals surface area contributed by atoms with Crippen LogP contribution in [-0.4, -0.2) is 28.1 Å². The van der Waals surface area contributed by atoms with Crippen molar-refractivity contribution in [3.05, 3.63) is 23.9 Å². The average Bonchev–Trinajstić information content (AvgIpc) is 2.23. The van der Waals surface area contributed by atoms with Gasteiger partial charge >= 0.3 is 12.1 Å². The number of carboxylic acid groups (broad SMARTS) is 1. The molecule has 1 aromatic rings. The monoisotopic (exact) mass is 276 g/mol. The zero-order valence-electron chi connectivity index (χ0n) is 10.8. The number of aliphatic carboxylic acids is 1. The Labute approximate surface area is 108 Å². The van der Waals surface area contributed by atoms with Crippen molar-refractivity contribution in [3.8, 4) is 0 Å². The van der Waals surface area contributed by atoms with E-state index in [1.54, 1.807) is 20.8 Å². The van der Waals surface area contributed by atoms with E-state index in [4.69, 9.17) is 5.11 Å². The standard InChI is InChI=1S/C12H15F3N2O2/c1-11(2,3)17(7-10(18)19)9-6-4-5-8(16-9)12(13,14)15/h4-6H,7H2,1-3H3,(H,18,19). The predicted molar refractivity (Wildman–Crippen MR) is 64.0 cm³/mol. The molecule has 7 heteroatoms. The molecule has 0 saturated carbocycles. The molecule has 0 atom stereocenters. The molecule has 0 spiro atoms. The van der Waals surface area contributed by atoms with Crippen LogP contribution in [0, 0.1) is 0 Å². The molecule has 106 valence electrons. The molecule has 19 heavy (non-hydrogen) atoms. The number of rotatable bonds is 3. The summed E-state index contributed by atoms with van der Waals surface area (Å²) in [6.07, 6.45) is -4.55. The van der Waals surface area contributed by atoms with E-state index >= 15 is 0 Å². The number of pyridine rings is 1. The second-order valence-electron chi connectivity index (χ2n) is 5.03. The lowest BCUT2D eigenvalue weighted by Gasteiger charge is -2.35. The number of carboxylic acids is 1. The maximum Gasteiger partial charge on any atom is 0.433 e. The van der Waals surface area contributed by atoms with Crippen LogP contribution in [0.4, 0.5) is 19.0 Å². The summed E-state index contributed by atoms with van der Waals surface area (Å²) in [6, 6.07) is 3.43. The first kappa shape index (κ1) is 15.3. The van der Waals surface area contributed by atoms with Gasteiger partial charge in [0.2, 0.25) is 0 Å². The second-order valence-corrected chi connectivity index (χ2v) is 5.03. The summed E-state index contributed by atoms with van der Waals surface area (Å²) in [5, 5.41) is 8.85. The van der Waals surface area contributed by atoms with Gasteiger partial charge in [-0.25, -0.2) is 4.98 Å². The minimum absolute atomic E-state index is 0.00951. The second kappa shape index (κ2) is 5.07. The first-order chi connectivity index (χ1) is 8.51. The van der Waals surface area contributed by atoms with E-state index in [0.29, 0.717) is 0 Å². The molecule has 0 aliphatic heterocycles. The van der Waals surface area contributed by atoms with Gasteiger partial charge in [0.1, 0.15) is 18.1 Å². The molecule has 0 aliphatic rings. The van der Waals surface area contributed by atoms with Crippen LogP contribution in [0.3, 0.4) is 0 Å². The van der Waals surface area contributed by atoms with Gasteiger partial charge in [0.15, 0.2) is 0 Å². The number of nitrogens with zero attached hydrogens (tertiary/aromatic N) is 2. The van der Waals surface area contributed by atoms with Crippen LogP contribution in [0.15, 0.2) is 18.2 Å². The molecule has 0 saturated heterocycles. The number of hydrogen-bond acceptors (Lipinski definition) is 3. The van der Waals surface area contributed by atoms with E-state index in [0.717, 1.165) is 6.07 Å². The van der Waals surface area contributed by atoms with Crippen LogP contribution in [-0.2, 0) is 11.0 Å². The third-order valence-corrected chi connectivity index (χ3v) is 2.40. The zero-order chi connectivity index (χ0) is 14.8. The summed E-state index contributed by atoms with van der Waals surface area (Å²) in [4.78, 5) is 15.6. The van der Waals surface area contributed by atoms with Crippen molar-refractivity contribution in [2.75, 3.05) is 11.4 Å². The fourth-order valence-electron chi connectivity index (χ4n) is 1.53. The smallest absolute Gasteiger partial charge is 0.433 e. The lowest BCUT2D eigenvalue weighted by molar-refractivity contribution is -0.141. The van der Waals surface area contributed by atoms with Crippen LogP contribution >= 0.6 is 0 Å².